The summed E-state index contributed by atoms with van der Waals surface area (Å²) in [6, 6.07) is 26.5. The fourth-order valence-electron chi connectivity index (χ4n) is 2.83. The zero-order valence-corrected chi connectivity index (χ0v) is 13.8. The lowest BCUT2D eigenvalue weighted by atomic mass is 9.97. The van der Waals surface area contributed by atoms with Crippen molar-refractivity contribution in [1.29, 1.82) is 0 Å². The number of anilines is 1. The van der Waals surface area contributed by atoms with Crippen LogP contribution in [-0.2, 0) is 6.54 Å². The van der Waals surface area contributed by atoms with E-state index in [1.54, 1.807) is 7.11 Å². The van der Waals surface area contributed by atoms with Gasteiger partial charge in [-0.25, -0.2) is 0 Å². The number of nitrogens with two attached hydrogens (primary N) is 1. The molecule has 0 aliphatic carbocycles. The van der Waals surface area contributed by atoms with E-state index in [2.05, 4.69) is 41.7 Å². The van der Waals surface area contributed by atoms with Gasteiger partial charge in [0.15, 0.2) is 0 Å². The zero-order valence-electron chi connectivity index (χ0n) is 13.8. The summed E-state index contributed by atoms with van der Waals surface area (Å²) in [5, 5.41) is 3.63. The highest BCUT2D eigenvalue weighted by Gasteiger charge is 2.15. The van der Waals surface area contributed by atoms with E-state index in [0.29, 0.717) is 0 Å². The van der Waals surface area contributed by atoms with Crippen LogP contribution in [0.15, 0.2) is 78.9 Å². The highest BCUT2D eigenvalue weighted by Crippen LogP contribution is 2.27. The Kier molecular flexibility index (Phi) is 5.14. The average Bonchev–Trinajstić information content (AvgIpc) is 2.64. The molecular weight excluding hydrogens is 296 g/mol. The molecule has 1 unspecified atom stereocenters. The van der Waals surface area contributed by atoms with Crippen molar-refractivity contribution < 1.29 is 4.74 Å². The van der Waals surface area contributed by atoms with Crippen LogP contribution in [0.5, 0.6) is 5.75 Å². The maximum atomic E-state index is 6.21. The van der Waals surface area contributed by atoms with Crippen LogP contribution in [0, 0.1) is 0 Å². The summed E-state index contributed by atoms with van der Waals surface area (Å²) in [5.41, 5.74) is 10.5. The minimum Gasteiger partial charge on any atom is -0.497 e. The topological polar surface area (TPSA) is 47.3 Å². The lowest BCUT2D eigenvalue weighted by Gasteiger charge is -2.21. The van der Waals surface area contributed by atoms with Gasteiger partial charge in [0.2, 0.25) is 0 Å². The van der Waals surface area contributed by atoms with Gasteiger partial charge < -0.3 is 15.8 Å². The highest BCUT2D eigenvalue weighted by atomic mass is 16.5. The molecule has 122 valence electrons. The van der Waals surface area contributed by atoms with E-state index >= 15 is 0 Å². The number of rotatable bonds is 6. The van der Waals surface area contributed by atoms with Gasteiger partial charge in [0.25, 0.3) is 0 Å². The normalized spacial score (nSPS) is 11.9. The molecule has 3 aromatic rings. The first kappa shape index (κ1) is 16.1. The van der Waals surface area contributed by atoms with Crippen LogP contribution in [0.4, 0.5) is 5.69 Å². The molecule has 3 nitrogen and oxygen atoms in total. The van der Waals surface area contributed by atoms with Crippen LogP contribution in [0.25, 0.3) is 0 Å². The second kappa shape index (κ2) is 7.66. The molecule has 3 N–H and O–H groups in total. The first-order valence-corrected chi connectivity index (χ1v) is 8.03. The molecule has 0 saturated carbocycles. The molecule has 0 fully saturated rings. The van der Waals surface area contributed by atoms with Crippen molar-refractivity contribution in [3.8, 4) is 5.75 Å². The lowest BCUT2D eigenvalue weighted by Crippen LogP contribution is -2.23. The van der Waals surface area contributed by atoms with Crippen molar-refractivity contribution in [2.45, 2.75) is 12.6 Å². The Balaban J connectivity index is 1.87. The van der Waals surface area contributed by atoms with Crippen molar-refractivity contribution in [2.24, 2.45) is 0 Å². The van der Waals surface area contributed by atoms with Crippen LogP contribution in [-0.4, -0.2) is 7.11 Å². The number of hydrogen-bond donors (Lipinski definition) is 2. The number of ether oxygens (including phenoxy) is 1. The summed E-state index contributed by atoms with van der Waals surface area (Å²) in [5.74, 6) is 0.866. The van der Waals surface area contributed by atoms with Gasteiger partial charge in [-0.1, -0.05) is 60.7 Å². The third kappa shape index (κ3) is 3.76. The molecule has 3 rings (SSSR count). The van der Waals surface area contributed by atoms with Crippen molar-refractivity contribution in [3.63, 3.8) is 0 Å². The molecule has 24 heavy (non-hydrogen) atoms. The fourth-order valence-corrected chi connectivity index (χ4v) is 2.83. The summed E-state index contributed by atoms with van der Waals surface area (Å²) in [6.07, 6.45) is 0. The highest BCUT2D eigenvalue weighted by molar-refractivity contribution is 5.51. The van der Waals surface area contributed by atoms with Crippen molar-refractivity contribution in [2.75, 3.05) is 12.8 Å². The Morgan fingerprint density at radius 2 is 1.67 bits per heavy atom. The third-order valence-corrected chi connectivity index (χ3v) is 4.08. The number of methoxy groups -OCH3 is 1. The van der Waals surface area contributed by atoms with Gasteiger partial charge in [-0.15, -0.1) is 0 Å². The van der Waals surface area contributed by atoms with Crippen molar-refractivity contribution in [3.05, 3.63) is 95.6 Å². The van der Waals surface area contributed by atoms with Gasteiger partial charge in [-0.2, -0.15) is 0 Å². The second-order valence-electron chi connectivity index (χ2n) is 5.71. The molecule has 0 spiro atoms. The summed E-state index contributed by atoms with van der Waals surface area (Å²) in [6.45, 7) is 0.727. The Hall–Kier alpha value is -2.78. The van der Waals surface area contributed by atoms with E-state index in [1.165, 1.54) is 11.1 Å². The first-order chi connectivity index (χ1) is 11.8. The monoisotopic (exact) mass is 318 g/mol. The molecule has 0 bridgehead atoms. The van der Waals surface area contributed by atoms with E-state index in [1.807, 2.05) is 42.5 Å². The van der Waals surface area contributed by atoms with Crippen molar-refractivity contribution in [1.82, 2.24) is 5.32 Å². The average molecular weight is 318 g/mol. The molecule has 3 aromatic carbocycles. The van der Waals surface area contributed by atoms with E-state index in [9.17, 15) is 0 Å². The largest absolute Gasteiger partial charge is 0.497 e. The molecular formula is C21H22N2O. The lowest BCUT2D eigenvalue weighted by molar-refractivity contribution is 0.414. The summed E-state index contributed by atoms with van der Waals surface area (Å²) >= 11 is 0. The van der Waals surface area contributed by atoms with Gasteiger partial charge in [0, 0.05) is 12.2 Å². The molecule has 0 aliphatic rings. The van der Waals surface area contributed by atoms with Gasteiger partial charge in [0.05, 0.1) is 13.2 Å². The number of nitrogen functional groups attached to an aromatic ring is 1. The van der Waals surface area contributed by atoms with Crippen molar-refractivity contribution >= 4 is 5.69 Å². The van der Waals surface area contributed by atoms with Gasteiger partial charge >= 0.3 is 0 Å². The standard InChI is InChI=1S/C21H22N2O/c1-24-18-11-7-8-16(14-18)15-23-21(17-9-3-2-4-10-17)19-12-5-6-13-20(19)22/h2-14,21,23H,15,22H2,1H3. The summed E-state index contributed by atoms with van der Waals surface area (Å²) in [7, 11) is 1.68. The molecule has 0 radical (unpaired) electrons. The van der Waals surface area contributed by atoms with E-state index in [4.69, 9.17) is 10.5 Å². The zero-order chi connectivity index (χ0) is 16.8. The quantitative estimate of drug-likeness (QED) is 0.671. The predicted molar refractivity (Wildman–Crippen MR) is 99.0 cm³/mol. The Morgan fingerprint density at radius 1 is 0.917 bits per heavy atom. The predicted octanol–water partition coefficient (Wildman–Crippen LogP) is 4.16. The minimum atomic E-state index is 0.0404. The van der Waals surface area contributed by atoms with E-state index in [-0.39, 0.29) is 6.04 Å². The van der Waals surface area contributed by atoms with E-state index < -0.39 is 0 Å². The number of nitrogens with one attached hydrogen (secondary N) is 1. The van der Waals surface area contributed by atoms with Crippen LogP contribution in [0.1, 0.15) is 22.7 Å². The fraction of sp³-hybridized carbons (Fsp3) is 0.143. The molecule has 0 aromatic heterocycles. The molecule has 0 amide bonds. The number of benzene rings is 3. The molecule has 0 aliphatic heterocycles. The van der Waals surface area contributed by atoms with Crippen LogP contribution < -0.4 is 15.8 Å². The van der Waals surface area contributed by atoms with Gasteiger partial charge in [-0.3, -0.25) is 0 Å². The maximum Gasteiger partial charge on any atom is 0.119 e. The number of para-hydroxylation sites is 1. The smallest absolute Gasteiger partial charge is 0.119 e. The third-order valence-electron chi connectivity index (χ3n) is 4.08. The Morgan fingerprint density at radius 3 is 2.42 bits per heavy atom. The minimum absolute atomic E-state index is 0.0404. The van der Waals surface area contributed by atoms with E-state index in [0.717, 1.165) is 23.5 Å². The van der Waals surface area contributed by atoms with Gasteiger partial charge in [0.1, 0.15) is 5.75 Å². The molecule has 0 saturated heterocycles. The molecule has 1 atom stereocenters. The van der Waals surface area contributed by atoms with Crippen LogP contribution in [0.3, 0.4) is 0 Å². The molecule has 0 heterocycles. The Bertz CT molecular complexity index is 787. The Labute approximate surface area is 143 Å². The maximum absolute atomic E-state index is 6.21. The van der Waals surface area contributed by atoms with Crippen LogP contribution >= 0.6 is 0 Å². The number of hydrogen-bond acceptors (Lipinski definition) is 3. The molecule has 3 heteroatoms. The van der Waals surface area contributed by atoms with Gasteiger partial charge in [-0.05, 0) is 34.9 Å². The summed E-state index contributed by atoms with van der Waals surface area (Å²) in [4.78, 5) is 0. The van der Waals surface area contributed by atoms with Crippen LogP contribution in [0.2, 0.25) is 0 Å². The SMILES string of the molecule is COc1cccc(CNC(c2ccccc2)c2ccccc2N)c1. The first-order valence-electron chi connectivity index (χ1n) is 8.03. The second-order valence-corrected chi connectivity index (χ2v) is 5.71. The summed E-state index contributed by atoms with van der Waals surface area (Å²) < 4.78 is 5.30.